The SMILES string of the molecule is N#CCN1CCC(C(=O)N2CCCCCC2)CC1. The fraction of sp³-hybridized carbons (Fsp3) is 0.857. The Balaban J connectivity index is 1.81. The van der Waals surface area contributed by atoms with Gasteiger partial charge in [-0.2, -0.15) is 5.26 Å². The Morgan fingerprint density at radius 1 is 1.06 bits per heavy atom. The lowest BCUT2D eigenvalue weighted by Crippen LogP contribution is -2.43. The highest BCUT2D eigenvalue weighted by Crippen LogP contribution is 2.21. The molecule has 0 spiro atoms. The maximum atomic E-state index is 12.4. The molecule has 18 heavy (non-hydrogen) atoms. The second-order valence-corrected chi connectivity index (χ2v) is 5.45. The molecule has 2 aliphatic heterocycles. The number of amides is 1. The fourth-order valence-corrected chi connectivity index (χ4v) is 2.99. The Bertz CT molecular complexity index is 307. The number of likely N-dealkylation sites (tertiary alicyclic amines) is 2. The van der Waals surface area contributed by atoms with E-state index in [0.717, 1.165) is 39.0 Å². The molecule has 0 saturated carbocycles. The number of rotatable bonds is 2. The topological polar surface area (TPSA) is 47.3 Å². The molecular weight excluding hydrogens is 226 g/mol. The van der Waals surface area contributed by atoms with E-state index in [1.165, 1.54) is 25.7 Å². The van der Waals surface area contributed by atoms with Gasteiger partial charge in [0.1, 0.15) is 0 Å². The van der Waals surface area contributed by atoms with Crippen molar-refractivity contribution >= 4 is 5.91 Å². The zero-order chi connectivity index (χ0) is 12.8. The lowest BCUT2D eigenvalue weighted by atomic mass is 9.95. The van der Waals surface area contributed by atoms with Crippen LogP contribution in [-0.2, 0) is 4.79 Å². The molecule has 2 saturated heterocycles. The molecule has 0 atom stereocenters. The quantitative estimate of drug-likeness (QED) is 0.699. The van der Waals surface area contributed by atoms with Crippen molar-refractivity contribution < 1.29 is 4.79 Å². The van der Waals surface area contributed by atoms with E-state index >= 15 is 0 Å². The Hall–Kier alpha value is -1.08. The normalized spacial score (nSPS) is 23.4. The van der Waals surface area contributed by atoms with Crippen LogP contribution in [0.3, 0.4) is 0 Å². The first kappa shape index (κ1) is 13.4. The lowest BCUT2D eigenvalue weighted by molar-refractivity contribution is -0.137. The van der Waals surface area contributed by atoms with E-state index in [0.29, 0.717) is 12.5 Å². The van der Waals surface area contributed by atoms with Gasteiger partial charge in [0.15, 0.2) is 0 Å². The summed E-state index contributed by atoms with van der Waals surface area (Å²) < 4.78 is 0. The van der Waals surface area contributed by atoms with Crippen molar-refractivity contribution in [2.24, 2.45) is 5.92 Å². The zero-order valence-electron chi connectivity index (χ0n) is 11.1. The van der Waals surface area contributed by atoms with Crippen molar-refractivity contribution in [3.05, 3.63) is 0 Å². The van der Waals surface area contributed by atoms with Gasteiger partial charge in [-0.15, -0.1) is 0 Å². The molecule has 4 heteroatoms. The third-order valence-electron chi connectivity index (χ3n) is 4.15. The van der Waals surface area contributed by atoms with Gasteiger partial charge in [0.05, 0.1) is 12.6 Å². The number of hydrogen-bond donors (Lipinski definition) is 0. The average molecular weight is 249 g/mol. The standard InChI is InChI=1S/C14H23N3O/c15-7-12-16-10-5-13(6-11-16)14(18)17-8-3-1-2-4-9-17/h13H,1-6,8-12H2. The molecule has 2 rings (SSSR count). The van der Waals surface area contributed by atoms with Crippen LogP contribution in [0.2, 0.25) is 0 Å². The summed E-state index contributed by atoms with van der Waals surface area (Å²) in [6, 6.07) is 2.18. The van der Waals surface area contributed by atoms with Gasteiger partial charge in [-0.25, -0.2) is 0 Å². The monoisotopic (exact) mass is 249 g/mol. The van der Waals surface area contributed by atoms with Crippen LogP contribution < -0.4 is 0 Å². The van der Waals surface area contributed by atoms with E-state index in [2.05, 4.69) is 15.9 Å². The first-order valence-electron chi connectivity index (χ1n) is 7.19. The minimum atomic E-state index is 0.207. The van der Waals surface area contributed by atoms with Crippen LogP contribution in [0.25, 0.3) is 0 Å². The van der Waals surface area contributed by atoms with Gasteiger partial charge < -0.3 is 4.90 Å². The summed E-state index contributed by atoms with van der Waals surface area (Å²) in [6.07, 6.45) is 6.72. The summed E-state index contributed by atoms with van der Waals surface area (Å²) in [7, 11) is 0. The van der Waals surface area contributed by atoms with E-state index in [9.17, 15) is 4.79 Å². The summed E-state index contributed by atoms with van der Waals surface area (Å²) in [5.74, 6) is 0.576. The van der Waals surface area contributed by atoms with Gasteiger partial charge >= 0.3 is 0 Å². The number of hydrogen-bond acceptors (Lipinski definition) is 3. The van der Waals surface area contributed by atoms with E-state index in [1.54, 1.807) is 0 Å². The van der Waals surface area contributed by atoms with Crippen LogP contribution in [0, 0.1) is 17.2 Å². The van der Waals surface area contributed by atoms with Crippen LogP contribution >= 0.6 is 0 Å². The van der Waals surface area contributed by atoms with Gasteiger partial charge in [-0.1, -0.05) is 12.8 Å². The molecule has 0 aliphatic carbocycles. The minimum absolute atomic E-state index is 0.207. The molecule has 2 fully saturated rings. The minimum Gasteiger partial charge on any atom is -0.342 e. The van der Waals surface area contributed by atoms with Gasteiger partial charge in [-0.3, -0.25) is 9.69 Å². The molecule has 0 aromatic carbocycles. The van der Waals surface area contributed by atoms with E-state index in [-0.39, 0.29) is 5.92 Å². The van der Waals surface area contributed by atoms with Crippen LogP contribution in [0.4, 0.5) is 0 Å². The smallest absolute Gasteiger partial charge is 0.225 e. The van der Waals surface area contributed by atoms with Gasteiger partial charge in [0, 0.05) is 19.0 Å². The van der Waals surface area contributed by atoms with Gasteiger partial charge in [-0.05, 0) is 38.8 Å². The average Bonchev–Trinajstić information content (AvgIpc) is 2.68. The van der Waals surface area contributed by atoms with Crippen LogP contribution in [0.5, 0.6) is 0 Å². The number of carbonyl (C=O) groups excluding carboxylic acids is 1. The summed E-state index contributed by atoms with van der Waals surface area (Å²) in [5.41, 5.74) is 0. The maximum absolute atomic E-state index is 12.4. The lowest BCUT2D eigenvalue weighted by Gasteiger charge is -2.32. The van der Waals surface area contributed by atoms with Crippen molar-refractivity contribution in [3.63, 3.8) is 0 Å². The molecular formula is C14H23N3O. The number of carbonyl (C=O) groups is 1. The molecule has 0 aromatic rings. The number of nitrogens with zero attached hydrogens (tertiary/aromatic N) is 3. The summed E-state index contributed by atoms with van der Waals surface area (Å²) in [6.45, 7) is 4.22. The Labute approximate surface area is 110 Å². The first-order valence-corrected chi connectivity index (χ1v) is 7.19. The van der Waals surface area contributed by atoms with Crippen LogP contribution in [0.1, 0.15) is 38.5 Å². The molecule has 0 N–H and O–H groups in total. The van der Waals surface area contributed by atoms with Crippen molar-refractivity contribution in [1.82, 2.24) is 9.80 Å². The Morgan fingerprint density at radius 3 is 2.22 bits per heavy atom. The van der Waals surface area contributed by atoms with Crippen molar-refractivity contribution in [2.45, 2.75) is 38.5 Å². The van der Waals surface area contributed by atoms with Gasteiger partial charge in [0.2, 0.25) is 5.91 Å². The van der Waals surface area contributed by atoms with E-state index in [1.807, 2.05) is 0 Å². The third-order valence-corrected chi connectivity index (χ3v) is 4.15. The molecule has 2 heterocycles. The molecule has 0 aromatic heterocycles. The molecule has 2 aliphatic rings. The second-order valence-electron chi connectivity index (χ2n) is 5.45. The Kier molecular flexibility index (Phi) is 5.00. The summed E-state index contributed by atoms with van der Waals surface area (Å²) in [5, 5.41) is 8.66. The van der Waals surface area contributed by atoms with Crippen molar-refractivity contribution in [1.29, 1.82) is 5.26 Å². The number of nitriles is 1. The molecule has 1 amide bonds. The van der Waals surface area contributed by atoms with Crippen molar-refractivity contribution in [3.8, 4) is 6.07 Å². The molecule has 0 bridgehead atoms. The highest BCUT2D eigenvalue weighted by atomic mass is 16.2. The first-order chi connectivity index (χ1) is 8.81. The van der Waals surface area contributed by atoms with E-state index < -0.39 is 0 Å². The highest BCUT2D eigenvalue weighted by molar-refractivity contribution is 5.79. The predicted molar refractivity (Wildman–Crippen MR) is 69.8 cm³/mol. The van der Waals surface area contributed by atoms with Crippen LogP contribution in [-0.4, -0.2) is 48.4 Å². The second kappa shape index (κ2) is 6.75. The predicted octanol–water partition coefficient (Wildman–Crippen LogP) is 1.62. The van der Waals surface area contributed by atoms with Crippen LogP contribution in [0.15, 0.2) is 0 Å². The molecule has 0 unspecified atom stereocenters. The van der Waals surface area contributed by atoms with E-state index in [4.69, 9.17) is 5.26 Å². The molecule has 100 valence electrons. The number of piperidine rings is 1. The summed E-state index contributed by atoms with van der Waals surface area (Å²) >= 11 is 0. The highest BCUT2D eigenvalue weighted by Gasteiger charge is 2.28. The zero-order valence-corrected chi connectivity index (χ0v) is 11.1. The largest absolute Gasteiger partial charge is 0.342 e. The third kappa shape index (κ3) is 3.46. The maximum Gasteiger partial charge on any atom is 0.225 e. The van der Waals surface area contributed by atoms with Crippen molar-refractivity contribution in [2.75, 3.05) is 32.7 Å². The van der Waals surface area contributed by atoms with Gasteiger partial charge in [0.25, 0.3) is 0 Å². The summed E-state index contributed by atoms with van der Waals surface area (Å²) in [4.78, 5) is 16.6. The Morgan fingerprint density at radius 2 is 1.67 bits per heavy atom. The fourth-order valence-electron chi connectivity index (χ4n) is 2.99. The molecule has 0 radical (unpaired) electrons. The molecule has 4 nitrogen and oxygen atoms in total.